The van der Waals surface area contributed by atoms with Crippen LogP contribution in [-0.2, 0) is 19.9 Å². The Morgan fingerprint density at radius 3 is 2.18 bits per heavy atom. The molecule has 1 atom stereocenters. The van der Waals surface area contributed by atoms with Crippen molar-refractivity contribution in [2.24, 2.45) is 11.7 Å². The van der Waals surface area contributed by atoms with E-state index in [1.54, 1.807) is 0 Å². The maximum absolute atomic E-state index is 11.4. The minimum atomic E-state index is -3.75. The second-order valence-electron chi connectivity index (χ2n) is 4.24. The normalized spacial score (nSPS) is 14.8. The molecule has 0 amide bonds. The van der Waals surface area contributed by atoms with Gasteiger partial charge in [0.05, 0.1) is 0 Å². The zero-order valence-electron chi connectivity index (χ0n) is 10.3. The van der Waals surface area contributed by atoms with Crippen molar-refractivity contribution < 1.29 is 16.8 Å². The zero-order valence-corrected chi connectivity index (χ0v) is 12.0. The van der Waals surface area contributed by atoms with Gasteiger partial charge in [-0.2, -0.15) is 0 Å². The Morgan fingerprint density at radius 1 is 1.18 bits per heavy atom. The summed E-state index contributed by atoms with van der Waals surface area (Å²) in [5.74, 6) is 0.166. The molecule has 0 saturated carbocycles. The van der Waals surface area contributed by atoms with Crippen molar-refractivity contribution in [2.75, 3.05) is 24.4 Å². The first kappa shape index (κ1) is 16.8. The predicted octanol–water partition coefficient (Wildman–Crippen LogP) is -0.327. The largest absolute Gasteiger partial charge is 0.330 e. The third-order valence-corrected chi connectivity index (χ3v) is 5.79. The van der Waals surface area contributed by atoms with Crippen LogP contribution in [-0.4, -0.2) is 41.3 Å². The molecule has 0 aliphatic rings. The van der Waals surface area contributed by atoms with Crippen LogP contribution in [0.15, 0.2) is 0 Å². The van der Waals surface area contributed by atoms with Crippen molar-refractivity contribution in [3.8, 4) is 0 Å². The monoisotopic (exact) mass is 286 g/mol. The summed E-state index contributed by atoms with van der Waals surface area (Å²) in [6.07, 6.45) is 3.45. The Bertz CT molecular complexity index is 397. The van der Waals surface area contributed by atoms with Crippen molar-refractivity contribution in [3.63, 3.8) is 0 Å². The maximum atomic E-state index is 11.4. The van der Waals surface area contributed by atoms with Crippen LogP contribution in [0.5, 0.6) is 0 Å². The van der Waals surface area contributed by atoms with Gasteiger partial charge in [-0.05, 0) is 25.3 Å². The average Bonchev–Trinajstić information content (AvgIpc) is 2.11. The van der Waals surface area contributed by atoms with Gasteiger partial charge in [-0.15, -0.1) is 0 Å². The smallest absolute Gasteiger partial charge is 0.226 e. The first-order chi connectivity index (χ1) is 7.70. The Labute approximate surface area is 104 Å². The second-order valence-corrected chi connectivity index (χ2v) is 8.55. The number of hydrogen-bond acceptors (Lipinski definition) is 5. The number of nitrogens with one attached hydrogen (secondary N) is 1. The quantitative estimate of drug-likeness (QED) is 0.604. The first-order valence-electron chi connectivity index (χ1n) is 5.55. The van der Waals surface area contributed by atoms with Crippen LogP contribution in [0, 0.1) is 5.92 Å². The van der Waals surface area contributed by atoms with E-state index in [2.05, 4.69) is 4.72 Å². The van der Waals surface area contributed by atoms with Crippen LogP contribution >= 0.6 is 0 Å². The summed E-state index contributed by atoms with van der Waals surface area (Å²) in [6.45, 7) is 2.76. The van der Waals surface area contributed by atoms with Gasteiger partial charge in [0.15, 0.2) is 14.9 Å². The van der Waals surface area contributed by atoms with E-state index < -0.39 is 24.9 Å². The highest BCUT2D eigenvalue weighted by atomic mass is 32.3. The van der Waals surface area contributed by atoms with E-state index in [1.807, 2.05) is 6.92 Å². The lowest BCUT2D eigenvalue weighted by molar-refractivity contribution is 0.444. The summed E-state index contributed by atoms with van der Waals surface area (Å²) in [5.41, 5.74) is 5.43. The standard InChI is InChI=1S/C9H22N2O4S2/c1-3-4-9(5-6-10)7-11-17(14,15)8-16(2,12)13/h9,11H,3-8,10H2,1-2H3. The molecule has 0 radical (unpaired) electrons. The van der Waals surface area contributed by atoms with Gasteiger partial charge in [0.2, 0.25) is 10.0 Å². The molecular formula is C9H22N2O4S2. The third kappa shape index (κ3) is 9.51. The van der Waals surface area contributed by atoms with Gasteiger partial charge in [0.1, 0.15) is 0 Å². The van der Waals surface area contributed by atoms with Crippen molar-refractivity contribution in [1.29, 1.82) is 0 Å². The molecule has 0 aromatic heterocycles. The molecule has 3 N–H and O–H groups in total. The van der Waals surface area contributed by atoms with Crippen LogP contribution in [0.4, 0.5) is 0 Å². The van der Waals surface area contributed by atoms with Gasteiger partial charge in [-0.3, -0.25) is 0 Å². The summed E-state index contributed by atoms with van der Waals surface area (Å²) >= 11 is 0. The molecule has 0 rings (SSSR count). The van der Waals surface area contributed by atoms with Gasteiger partial charge in [0, 0.05) is 12.8 Å². The highest BCUT2D eigenvalue weighted by molar-refractivity contribution is 8.06. The number of hydrogen-bond donors (Lipinski definition) is 2. The fraction of sp³-hybridized carbons (Fsp3) is 1.00. The molecule has 0 bridgehead atoms. The number of sulfonamides is 1. The van der Waals surface area contributed by atoms with Gasteiger partial charge in [-0.25, -0.2) is 21.6 Å². The molecule has 0 fully saturated rings. The summed E-state index contributed by atoms with van der Waals surface area (Å²) < 4.78 is 47.0. The van der Waals surface area contributed by atoms with Crippen molar-refractivity contribution in [3.05, 3.63) is 0 Å². The molecule has 0 aliphatic carbocycles. The lowest BCUT2D eigenvalue weighted by Gasteiger charge is -2.15. The molecule has 0 aromatic rings. The summed E-state index contributed by atoms with van der Waals surface area (Å²) in [6, 6.07) is 0. The molecule has 17 heavy (non-hydrogen) atoms. The summed E-state index contributed by atoms with van der Waals surface area (Å²) in [4.78, 5) is 0. The Balaban J connectivity index is 4.32. The fourth-order valence-corrected chi connectivity index (χ4v) is 4.64. The van der Waals surface area contributed by atoms with Gasteiger partial charge >= 0.3 is 0 Å². The van der Waals surface area contributed by atoms with E-state index in [9.17, 15) is 16.8 Å². The van der Waals surface area contributed by atoms with Crippen molar-refractivity contribution in [2.45, 2.75) is 26.2 Å². The Kier molecular flexibility index (Phi) is 7.22. The van der Waals surface area contributed by atoms with Crippen LogP contribution in [0.3, 0.4) is 0 Å². The molecule has 0 aromatic carbocycles. The Morgan fingerprint density at radius 2 is 1.76 bits per heavy atom. The maximum Gasteiger partial charge on any atom is 0.226 e. The molecule has 1 unspecified atom stereocenters. The lowest BCUT2D eigenvalue weighted by atomic mass is 10.0. The summed E-state index contributed by atoms with van der Waals surface area (Å²) in [7, 11) is -7.28. The van der Waals surface area contributed by atoms with Crippen LogP contribution in [0.1, 0.15) is 26.2 Å². The summed E-state index contributed by atoms with van der Waals surface area (Å²) in [5, 5.41) is -0.860. The van der Waals surface area contributed by atoms with E-state index in [1.165, 1.54) is 0 Å². The molecule has 104 valence electrons. The lowest BCUT2D eigenvalue weighted by Crippen LogP contribution is -2.34. The molecule has 6 nitrogen and oxygen atoms in total. The second kappa shape index (κ2) is 7.30. The molecule has 0 heterocycles. The molecular weight excluding hydrogens is 264 g/mol. The third-order valence-electron chi connectivity index (χ3n) is 2.23. The van der Waals surface area contributed by atoms with Crippen LogP contribution in [0.25, 0.3) is 0 Å². The number of sulfone groups is 1. The van der Waals surface area contributed by atoms with E-state index >= 15 is 0 Å². The van der Waals surface area contributed by atoms with E-state index in [0.717, 1.165) is 25.5 Å². The van der Waals surface area contributed by atoms with Gasteiger partial charge in [0.25, 0.3) is 0 Å². The zero-order chi connectivity index (χ0) is 13.5. The van der Waals surface area contributed by atoms with Crippen molar-refractivity contribution in [1.82, 2.24) is 4.72 Å². The van der Waals surface area contributed by atoms with Crippen LogP contribution < -0.4 is 10.5 Å². The number of nitrogens with two attached hydrogens (primary N) is 1. The van der Waals surface area contributed by atoms with Gasteiger partial charge < -0.3 is 5.73 Å². The first-order valence-corrected chi connectivity index (χ1v) is 9.26. The highest BCUT2D eigenvalue weighted by Gasteiger charge is 2.19. The molecule has 8 heteroatoms. The minimum absolute atomic E-state index is 0.166. The molecule has 0 aliphatic heterocycles. The molecule has 0 spiro atoms. The van der Waals surface area contributed by atoms with E-state index in [-0.39, 0.29) is 12.5 Å². The Hall–Kier alpha value is -0.180. The highest BCUT2D eigenvalue weighted by Crippen LogP contribution is 2.09. The van der Waals surface area contributed by atoms with E-state index in [4.69, 9.17) is 5.73 Å². The average molecular weight is 286 g/mol. The predicted molar refractivity (Wildman–Crippen MR) is 68.7 cm³/mol. The minimum Gasteiger partial charge on any atom is -0.330 e. The fourth-order valence-electron chi connectivity index (χ4n) is 1.56. The van der Waals surface area contributed by atoms with Crippen LogP contribution in [0.2, 0.25) is 0 Å². The topological polar surface area (TPSA) is 106 Å². The SMILES string of the molecule is CCCC(CCN)CNS(=O)(=O)CS(C)(=O)=O. The van der Waals surface area contributed by atoms with Crippen molar-refractivity contribution >= 4 is 19.9 Å². The molecule has 0 saturated heterocycles. The number of rotatable bonds is 9. The van der Waals surface area contributed by atoms with Gasteiger partial charge in [-0.1, -0.05) is 13.3 Å². The van der Waals surface area contributed by atoms with E-state index in [0.29, 0.717) is 6.54 Å².